The Labute approximate surface area is 116 Å². The molecule has 0 spiro atoms. The highest BCUT2D eigenvalue weighted by Gasteiger charge is 2.30. The molecule has 1 aliphatic rings. The van der Waals surface area contributed by atoms with Gasteiger partial charge < -0.3 is 10.2 Å². The van der Waals surface area contributed by atoms with E-state index in [4.69, 9.17) is 0 Å². The maximum absolute atomic E-state index is 11.3. The van der Waals surface area contributed by atoms with Crippen molar-refractivity contribution in [2.75, 3.05) is 24.5 Å². The molecule has 1 fully saturated rings. The molecule has 3 rings (SSSR count). The Kier molecular flexibility index (Phi) is 3.23. The number of benzene rings is 1. The fourth-order valence-electron chi connectivity index (χ4n) is 2.64. The van der Waals surface area contributed by atoms with Gasteiger partial charge in [-0.3, -0.25) is 10.1 Å². The minimum atomic E-state index is -0.344. The number of aromatic nitrogens is 1. The van der Waals surface area contributed by atoms with E-state index in [1.165, 1.54) is 6.20 Å². The van der Waals surface area contributed by atoms with Gasteiger partial charge in [-0.1, -0.05) is 18.2 Å². The molecule has 0 atom stereocenters. The Morgan fingerprint density at radius 3 is 2.80 bits per heavy atom. The molecule has 6 heteroatoms. The van der Waals surface area contributed by atoms with Crippen molar-refractivity contribution in [3.05, 3.63) is 40.6 Å². The van der Waals surface area contributed by atoms with E-state index in [9.17, 15) is 10.1 Å². The summed E-state index contributed by atoms with van der Waals surface area (Å²) in [6.07, 6.45) is 1.37. The number of fused-ring (bicyclic) bond motifs is 1. The van der Waals surface area contributed by atoms with Crippen molar-refractivity contribution in [1.82, 2.24) is 10.3 Å². The fourth-order valence-corrected chi connectivity index (χ4v) is 2.64. The molecule has 0 aliphatic carbocycles. The van der Waals surface area contributed by atoms with Gasteiger partial charge in [-0.05, 0) is 13.0 Å². The third kappa shape index (κ3) is 1.98. The topological polar surface area (TPSA) is 71.3 Å². The molecule has 1 N–H and O–H groups in total. The second-order valence-electron chi connectivity index (χ2n) is 4.86. The van der Waals surface area contributed by atoms with Crippen LogP contribution in [0.15, 0.2) is 30.5 Å². The number of hydrogen-bond donors (Lipinski definition) is 1. The largest absolute Gasteiger partial charge is 0.360 e. The molecule has 20 heavy (non-hydrogen) atoms. The normalized spacial score (nSPS) is 15.1. The number of nitrogens with one attached hydrogen (secondary N) is 1. The second-order valence-corrected chi connectivity index (χ2v) is 4.86. The first-order valence-corrected chi connectivity index (χ1v) is 6.72. The smallest absolute Gasteiger partial charge is 0.311 e. The molecule has 1 aromatic heterocycles. The molecule has 6 nitrogen and oxygen atoms in total. The van der Waals surface area contributed by atoms with Crippen LogP contribution in [0, 0.1) is 10.1 Å². The Bertz CT molecular complexity index is 655. The zero-order valence-electron chi connectivity index (χ0n) is 11.2. The fraction of sp³-hybridized carbons (Fsp3) is 0.357. The van der Waals surface area contributed by atoms with E-state index in [0.717, 1.165) is 30.5 Å². The third-order valence-corrected chi connectivity index (χ3v) is 3.75. The van der Waals surface area contributed by atoms with Gasteiger partial charge in [0.1, 0.15) is 11.9 Å². The SMILES string of the molecule is CCN(c1c([N+](=O)[O-])cnc2ccccc12)C1CNC1. The zero-order chi connectivity index (χ0) is 14.1. The Balaban J connectivity index is 2.23. The summed E-state index contributed by atoms with van der Waals surface area (Å²) in [4.78, 5) is 17.3. The monoisotopic (exact) mass is 272 g/mol. The van der Waals surface area contributed by atoms with Crippen molar-refractivity contribution in [3.63, 3.8) is 0 Å². The van der Waals surface area contributed by atoms with Crippen molar-refractivity contribution < 1.29 is 4.92 Å². The van der Waals surface area contributed by atoms with Gasteiger partial charge in [0.05, 0.1) is 16.5 Å². The van der Waals surface area contributed by atoms with Crippen LogP contribution in [0.3, 0.4) is 0 Å². The number of likely N-dealkylation sites (N-methyl/N-ethyl adjacent to an activating group) is 1. The molecular formula is C14H16N4O2. The zero-order valence-corrected chi connectivity index (χ0v) is 11.2. The molecule has 0 amide bonds. The summed E-state index contributed by atoms with van der Waals surface area (Å²) in [5, 5.41) is 15.4. The van der Waals surface area contributed by atoms with Gasteiger partial charge in [-0.25, -0.2) is 4.98 Å². The van der Waals surface area contributed by atoms with E-state index in [2.05, 4.69) is 15.2 Å². The molecule has 0 radical (unpaired) electrons. The Morgan fingerprint density at radius 2 is 2.20 bits per heavy atom. The Hall–Kier alpha value is -2.21. The van der Waals surface area contributed by atoms with Gasteiger partial charge in [0.2, 0.25) is 0 Å². The maximum Gasteiger partial charge on any atom is 0.311 e. The lowest BCUT2D eigenvalue weighted by Gasteiger charge is -2.39. The van der Waals surface area contributed by atoms with Crippen LogP contribution in [0.1, 0.15) is 6.92 Å². The van der Waals surface area contributed by atoms with Crippen LogP contribution >= 0.6 is 0 Å². The average molecular weight is 272 g/mol. The van der Waals surface area contributed by atoms with Crippen molar-refractivity contribution in [1.29, 1.82) is 0 Å². The molecule has 2 heterocycles. The van der Waals surface area contributed by atoms with Gasteiger partial charge >= 0.3 is 5.69 Å². The van der Waals surface area contributed by atoms with Crippen LogP contribution in [0.25, 0.3) is 10.9 Å². The number of hydrogen-bond acceptors (Lipinski definition) is 5. The molecule has 2 aromatic rings. The summed E-state index contributed by atoms with van der Waals surface area (Å²) in [7, 11) is 0. The minimum Gasteiger partial charge on any atom is -0.360 e. The molecule has 104 valence electrons. The summed E-state index contributed by atoms with van der Waals surface area (Å²) >= 11 is 0. The first-order chi connectivity index (χ1) is 9.72. The van der Waals surface area contributed by atoms with Gasteiger partial charge in [0, 0.05) is 25.0 Å². The summed E-state index contributed by atoms with van der Waals surface area (Å²) in [5.41, 5.74) is 1.56. The van der Waals surface area contributed by atoms with Crippen LogP contribution in [0.4, 0.5) is 11.4 Å². The van der Waals surface area contributed by atoms with Gasteiger partial charge in [0.15, 0.2) is 0 Å². The number of nitro groups is 1. The first kappa shape index (κ1) is 12.8. The second kappa shape index (κ2) is 5.05. The molecular weight excluding hydrogens is 256 g/mol. The predicted molar refractivity (Wildman–Crippen MR) is 78.1 cm³/mol. The maximum atomic E-state index is 11.3. The highest BCUT2D eigenvalue weighted by Crippen LogP contribution is 2.36. The number of anilines is 1. The number of para-hydroxylation sites is 1. The van der Waals surface area contributed by atoms with Crippen molar-refractivity contribution in [3.8, 4) is 0 Å². The quantitative estimate of drug-likeness (QED) is 0.680. The van der Waals surface area contributed by atoms with Crippen LogP contribution in [-0.4, -0.2) is 35.6 Å². The lowest BCUT2D eigenvalue weighted by Crippen LogP contribution is -2.57. The van der Waals surface area contributed by atoms with Crippen LogP contribution in [0.2, 0.25) is 0 Å². The highest BCUT2D eigenvalue weighted by molar-refractivity contribution is 5.96. The third-order valence-electron chi connectivity index (χ3n) is 3.75. The number of pyridine rings is 1. The summed E-state index contributed by atoms with van der Waals surface area (Å²) in [6.45, 7) is 4.49. The van der Waals surface area contributed by atoms with Crippen molar-refractivity contribution >= 4 is 22.3 Å². The number of nitrogens with zero attached hydrogens (tertiary/aromatic N) is 3. The first-order valence-electron chi connectivity index (χ1n) is 6.72. The van der Waals surface area contributed by atoms with Crippen molar-refractivity contribution in [2.45, 2.75) is 13.0 Å². The predicted octanol–water partition coefficient (Wildman–Crippen LogP) is 1.94. The van der Waals surface area contributed by atoms with E-state index in [-0.39, 0.29) is 10.6 Å². The highest BCUT2D eigenvalue weighted by atomic mass is 16.6. The van der Waals surface area contributed by atoms with E-state index in [1.807, 2.05) is 31.2 Å². The van der Waals surface area contributed by atoms with E-state index in [1.54, 1.807) is 0 Å². The summed E-state index contributed by atoms with van der Waals surface area (Å²) < 4.78 is 0. The molecule has 0 saturated carbocycles. The van der Waals surface area contributed by atoms with E-state index < -0.39 is 0 Å². The van der Waals surface area contributed by atoms with Crippen LogP contribution in [-0.2, 0) is 0 Å². The molecule has 1 aliphatic heterocycles. The van der Waals surface area contributed by atoms with E-state index in [0.29, 0.717) is 11.7 Å². The average Bonchev–Trinajstić information content (AvgIpc) is 2.41. The lowest BCUT2D eigenvalue weighted by molar-refractivity contribution is -0.384. The van der Waals surface area contributed by atoms with Gasteiger partial charge in [0.25, 0.3) is 0 Å². The van der Waals surface area contributed by atoms with E-state index >= 15 is 0 Å². The lowest BCUT2D eigenvalue weighted by atomic mass is 10.1. The van der Waals surface area contributed by atoms with Gasteiger partial charge in [-0.2, -0.15) is 0 Å². The van der Waals surface area contributed by atoms with Crippen LogP contribution < -0.4 is 10.2 Å². The summed E-state index contributed by atoms with van der Waals surface area (Å²) in [5.74, 6) is 0. The Morgan fingerprint density at radius 1 is 1.45 bits per heavy atom. The number of rotatable bonds is 4. The molecule has 0 unspecified atom stereocenters. The molecule has 1 aromatic carbocycles. The minimum absolute atomic E-state index is 0.0810. The van der Waals surface area contributed by atoms with Crippen LogP contribution in [0.5, 0.6) is 0 Å². The molecule has 1 saturated heterocycles. The molecule has 0 bridgehead atoms. The summed E-state index contributed by atoms with van der Waals surface area (Å²) in [6, 6.07) is 7.88. The van der Waals surface area contributed by atoms with Gasteiger partial charge in [-0.15, -0.1) is 0 Å². The van der Waals surface area contributed by atoms with Crippen molar-refractivity contribution in [2.24, 2.45) is 0 Å². The standard InChI is InChI=1S/C14H16N4O2/c1-2-17(10-7-15-8-10)14-11-5-3-4-6-12(11)16-9-13(14)18(19)20/h3-6,9-10,15H,2,7-8H2,1H3.